The Kier molecular flexibility index (Phi) is 5.40. The fourth-order valence-corrected chi connectivity index (χ4v) is 2.59. The maximum atomic E-state index is 10.5. The number of ether oxygens (including phenoxy) is 2. The Morgan fingerprint density at radius 3 is 2.75 bits per heavy atom. The van der Waals surface area contributed by atoms with Gasteiger partial charge in [-0.15, -0.1) is 0 Å². The van der Waals surface area contributed by atoms with Gasteiger partial charge in [0.15, 0.2) is 0 Å². The van der Waals surface area contributed by atoms with Crippen molar-refractivity contribution in [1.29, 1.82) is 0 Å². The second-order valence-corrected chi connectivity index (χ2v) is 5.78. The van der Waals surface area contributed by atoms with Gasteiger partial charge in [0.05, 0.1) is 25.9 Å². The molecule has 1 heterocycles. The monoisotopic (exact) mass is 279 g/mol. The van der Waals surface area contributed by atoms with E-state index in [-0.39, 0.29) is 6.04 Å². The van der Waals surface area contributed by atoms with E-state index in [4.69, 9.17) is 9.47 Å². The summed E-state index contributed by atoms with van der Waals surface area (Å²) in [6.07, 6.45) is 2.34. The van der Waals surface area contributed by atoms with E-state index in [9.17, 15) is 5.11 Å². The first-order valence-corrected chi connectivity index (χ1v) is 7.25. The largest absolute Gasteiger partial charge is 0.497 e. The molecule has 0 aromatic heterocycles. The van der Waals surface area contributed by atoms with Crippen LogP contribution in [0.15, 0.2) is 24.3 Å². The standard InChI is InChI=1S/C16H25NO3/c1-16(18,11-14-12-20-10-9-17-14)8-7-13-3-5-15(19-2)6-4-13/h3-6,14,17-18H,7-12H2,1-2H3. The summed E-state index contributed by atoms with van der Waals surface area (Å²) in [4.78, 5) is 0. The van der Waals surface area contributed by atoms with Crippen molar-refractivity contribution in [1.82, 2.24) is 5.32 Å². The first-order valence-electron chi connectivity index (χ1n) is 7.25. The SMILES string of the molecule is COc1ccc(CCC(C)(O)CC2COCCN2)cc1. The first kappa shape index (κ1) is 15.3. The topological polar surface area (TPSA) is 50.7 Å². The number of aliphatic hydroxyl groups is 1. The lowest BCUT2D eigenvalue weighted by Crippen LogP contribution is -2.46. The third-order valence-corrected chi connectivity index (χ3v) is 3.80. The summed E-state index contributed by atoms with van der Waals surface area (Å²) in [7, 11) is 1.67. The van der Waals surface area contributed by atoms with Gasteiger partial charge in [0.2, 0.25) is 0 Å². The molecule has 112 valence electrons. The number of aryl methyl sites for hydroxylation is 1. The lowest BCUT2D eigenvalue weighted by atomic mass is 9.90. The minimum Gasteiger partial charge on any atom is -0.497 e. The Balaban J connectivity index is 1.80. The molecule has 0 saturated carbocycles. The fraction of sp³-hybridized carbons (Fsp3) is 0.625. The van der Waals surface area contributed by atoms with Crippen molar-refractivity contribution in [3.8, 4) is 5.75 Å². The molecule has 4 nitrogen and oxygen atoms in total. The molecule has 1 aromatic rings. The van der Waals surface area contributed by atoms with Crippen molar-refractivity contribution >= 4 is 0 Å². The van der Waals surface area contributed by atoms with Crippen LogP contribution in [0.5, 0.6) is 5.75 Å². The van der Waals surface area contributed by atoms with Gasteiger partial charge in [-0.05, 0) is 43.9 Å². The zero-order valence-corrected chi connectivity index (χ0v) is 12.4. The summed E-state index contributed by atoms with van der Waals surface area (Å²) >= 11 is 0. The number of nitrogens with one attached hydrogen (secondary N) is 1. The van der Waals surface area contributed by atoms with Crippen LogP contribution in [0.25, 0.3) is 0 Å². The van der Waals surface area contributed by atoms with E-state index < -0.39 is 5.60 Å². The molecule has 0 aliphatic carbocycles. The summed E-state index contributed by atoms with van der Waals surface area (Å²) in [5.41, 5.74) is 0.553. The summed E-state index contributed by atoms with van der Waals surface area (Å²) in [6.45, 7) is 4.25. The average molecular weight is 279 g/mol. The molecule has 1 fully saturated rings. The molecule has 4 heteroatoms. The van der Waals surface area contributed by atoms with Crippen molar-refractivity contribution < 1.29 is 14.6 Å². The van der Waals surface area contributed by atoms with E-state index in [1.807, 2.05) is 19.1 Å². The number of hydrogen-bond acceptors (Lipinski definition) is 4. The first-order chi connectivity index (χ1) is 9.59. The van der Waals surface area contributed by atoms with Crippen LogP contribution in [-0.2, 0) is 11.2 Å². The van der Waals surface area contributed by atoms with Crippen molar-refractivity contribution in [2.45, 2.75) is 37.8 Å². The minimum atomic E-state index is -0.668. The number of hydrogen-bond donors (Lipinski definition) is 2. The van der Waals surface area contributed by atoms with E-state index >= 15 is 0 Å². The summed E-state index contributed by atoms with van der Waals surface area (Å²) in [6, 6.07) is 8.28. The van der Waals surface area contributed by atoms with Crippen LogP contribution in [0, 0.1) is 0 Å². The highest BCUT2D eigenvalue weighted by Gasteiger charge is 2.26. The Morgan fingerprint density at radius 2 is 2.15 bits per heavy atom. The van der Waals surface area contributed by atoms with Gasteiger partial charge in [-0.25, -0.2) is 0 Å². The molecule has 1 aliphatic rings. The van der Waals surface area contributed by atoms with Gasteiger partial charge < -0.3 is 19.9 Å². The van der Waals surface area contributed by atoms with Crippen LogP contribution >= 0.6 is 0 Å². The lowest BCUT2D eigenvalue weighted by Gasteiger charge is -2.31. The average Bonchev–Trinajstić information content (AvgIpc) is 2.46. The molecule has 1 saturated heterocycles. The van der Waals surface area contributed by atoms with Crippen molar-refractivity contribution in [2.24, 2.45) is 0 Å². The second-order valence-electron chi connectivity index (χ2n) is 5.78. The van der Waals surface area contributed by atoms with Gasteiger partial charge in [0.1, 0.15) is 5.75 Å². The zero-order valence-electron chi connectivity index (χ0n) is 12.4. The van der Waals surface area contributed by atoms with Crippen LogP contribution in [0.2, 0.25) is 0 Å². The third kappa shape index (κ3) is 4.78. The summed E-state index contributed by atoms with van der Waals surface area (Å²) < 4.78 is 10.6. The molecule has 1 aromatic carbocycles. The molecule has 1 aliphatic heterocycles. The smallest absolute Gasteiger partial charge is 0.118 e. The molecule has 2 N–H and O–H groups in total. The van der Waals surface area contributed by atoms with Gasteiger partial charge in [0, 0.05) is 12.6 Å². The minimum absolute atomic E-state index is 0.259. The number of rotatable bonds is 6. The highest BCUT2D eigenvalue weighted by Crippen LogP contribution is 2.21. The molecule has 2 rings (SSSR count). The molecular weight excluding hydrogens is 254 g/mol. The zero-order chi connectivity index (χ0) is 14.4. The summed E-state index contributed by atoms with van der Waals surface area (Å²) in [5.74, 6) is 0.865. The molecule has 0 spiro atoms. The van der Waals surface area contributed by atoms with Crippen molar-refractivity contribution in [2.75, 3.05) is 26.9 Å². The van der Waals surface area contributed by atoms with E-state index in [0.29, 0.717) is 6.61 Å². The Hall–Kier alpha value is -1.10. The number of benzene rings is 1. The van der Waals surface area contributed by atoms with Gasteiger partial charge in [0.25, 0.3) is 0 Å². The van der Waals surface area contributed by atoms with Gasteiger partial charge in [-0.1, -0.05) is 12.1 Å². The van der Waals surface area contributed by atoms with Crippen LogP contribution in [0.1, 0.15) is 25.3 Å². The van der Waals surface area contributed by atoms with E-state index in [0.717, 1.165) is 38.2 Å². The highest BCUT2D eigenvalue weighted by molar-refractivity contribution is 5.27. The molecule has 0 radical (unpaired) electrons. The van der Waals surface area contributed by atoms with Crippen molar-refractivity contribution in [3.05, 3.63) is 29.8 Å². The molecule has 0 amide bonds. The maximum absolute atomic E-state index is 10.5. The highest BCUT2D eigenvalue weighted by atomic mass is 16.5. The van der Waals surface area contributed by atoms with E-state index in [1.54, 1.807) is 7.11 Å². The Bertz CT molecular complexity index is 397. The molecular formula is C16H25NO3. The van der Waals surface area contributed by atoms with Crippen LogP contribution < -0.4 is 10.1 Å². The lowest BCUT2D eigenvalue weighted by molar-refractivity contribution is 0.00119. The molecule has 20 heavy (non-hydrogen) atoms. The predicted molar refractivity (Wildman–Crippen MR) is 79.2 cm³/mol. The Labute approximate surface area is 121 Å². The maximum Gasteiger partial charge on any atom is 0.118 e. The van der Waals surface area contributed by atoms with Gasteiger partial charge in [-0.2, -0.15) is 0 Å². The van der Waals surface area contributed by atoms with E-state index in [1.165, 1.54) is 5.56 Å². The number of methoxy groups -OCH3 is 1. The summed E-state index contributed by atoms with van der Waals surface area (Å²) in [5, 5.41) is 13.9. The predicted octanol–water partition coefficient (Wildman–Crippen LogP) is 1.76. The Morgan fingerprint density at radius 1 is 1.40 bits per heavy atom. The van der Waals surface area contributed by atoms with E-state index in [2.05, 4.69) is 17.4 Å². The second kappa shape index (κ2) is 7.07. The van der Waals surface area contributed by atoms with Crippen LogP contribution in [0.4, 0.5) is 0 Å². The fourth-order valence-electron chi connectivity index (χ4n) is 2.59. The van der Waals surface area contributed by atoms with Crippen LogP contribution in [-0.4, -0.2) is 43.6 Å². The van der Waals surface area contributed by atoms with Gasteiger partial charge in [-0.3, -0.25) is 0 Å². The molecule has 0 bridgehead atoms. The molecule has 2 unspecified atom stereocenters. The number of morpholine rings is 1. The van der Waals surface area contributed by atoms with Gasteiger partial charge >= 0.3 is 0 Å². The third-order valence-electron chi connectivity index (χ3n) is 3.80. The normalized spacial score (nSPS) is 22.2. The quantitative estimate of drug-likeness (QED) is 0.833. The molecule has 2 atom stereocenters. The van der Waals surface area contributed by atoms with Crippen LogP contribution in [0.3, 0.4) is 0 Å². The van der Waals surface area contributed by atoms with Crippen molar-refractivity contribution in [3.63, 3.8) is 0 Å².